The fourth-order valence-electron chi connectivity index (χ4n) is 1.48. The van der Waals surface area contributed by atoms with Gasteiger partial charge in [-0.15, -0.1) is 0 Å². The Morgan fingerprint density at radius 1 is 1.38 bits per heavy atom. The van der Waals surface area contributed by atoms with Gasteiger partial charge in [-0.3, -0.25) is 0 Å². The lowest BCUT2D eigenvalue weighted by molar-refractivity contribution is 0.467. The summed E-state index contributed by atoms with van der Waals surface area (Å²) < 4.78 is 0. The second kappa shape index (κ2) is 5.30. The van der Waals surface area contributed by atoms with Crippen molar-refractivity contribution in [2.45, 2.75) is 39.3 Å². The molecule has 0 aromatic carbocycles. The molecule has 0 radical (unpaired) electrons. The largest absolute Gasteiger partial charge is 0.355 e. The molecule has 3 heteroatoms. The average Bonchev–Trinajstić information content (AvgIpc) is 2.29. The molecule has 0 unspecified atom stereocenters. The molecule has 1 aromatic rings. The summed E-state index contributed by atoms with van der Waals surface area (Å²) in [6.07, 6.45) is 1.10. The van der Waals surface area contributed by atoms with Gasteiger partial charge in [-0.1, -0.05) is 13.0 Å². The van der Waals surface area contributed by atoms with Crippen LogP contribution in [0.5, 0.6) is 0 Å². The number of aromatic nitrogens is 1. The monoisotopic (exact) mass is 221 g/mol. The van der Waals surface area contributed by atoms with Crippen molar-refractivity contribution < 1.29 is 0 Å². The SMILES string of the molecule is CCC(C)(C)N(C)c1cccc(CNC)n1. The van der Waals surface area contributed by atoms with E-state index in [0.717, 1.165) is 24.5 Å². The molecule has 0 aliphatic carbocycles. The van der Waals surface area contributed by atoms with E-state index in [2.05, 4.69) is 55.2 Å². The van der Waals surface area contributed by atoms with E-state index in [9.17, 15) is 0 Å². The van der Waals surface area contributed by atoms with Gasteiger partial charge in [0, 0.05) is 19.1 Å². The lowest BCUT2D eigenvalue weighted by Crippen LogP contribution is -2.41. The van der Waals surface area contributed by atoms with Gasteiger partial charge in [0.2, 0.25) is 0 Å². The van der Waals surface area contributed by atoms with Crippen molar-refractivity contribution in [2.24, 2.45) is 0 Å². The highest BCUT2D eigenvalue weighted by Crippen LogP contribution is 2.22. The first-order chi connectivity index (χ1) is 7.51. The van der Waals surface area contributed by atoms with E-state index >= 15 is 0 Å². The van der Waals surface area contributed by atoms with Gasteiger partial charge in [0.25, 0.3) is 0 Å². The molecule has 1 aromatic heterocycles. The first-order valence-electron chi connectivity index (χ1n) is 5.85. The lowest BCUT2D eigenvalue weighted by Gasteiger charge is -2.36. The maximum Gasteiger partial charge on any atom is 0.129 e. The zero-order chi connectivity index (χ0) is 12.2. The van der Waals surface area contributed by atoms with Gasteiger partial charge in [-0.05, 0) is 39.4 Å². The first kappa shape index (κ1) is 13.0. The molecule has 3 nitrogen and oxygen atoms in total. The van der Waals surface area contributed by atoms with Crippen LogP contribution in [0, 0.1) is 0 Å². The second-order valence-corrected chi connectivity index (χ2v) is 4.74. The molecule has 0 fully saturated rings. The molecule has 0 saturated carbocycles. The first-order valence-corrected chi connectivity index (χ1v) is 5.85. The van der Waals surface area contributed by atoms with Crippen molar-refractivity contribution in [3.63, 3.8) is 0 Å². The Kier molecular flexibility index (Phi) is 4.30. The van der Waals surface area contributed by atoms with Gasteiger partial charge >= 0.3 is 0 Å². The van der Waals surface area contributed by atoms with E-state index in [0.29, 0.717) is 0 Å². The summed E-state index contributed by atoms with van der Waals surface area (Å²) in [5.74, 6) is 1.04. The average molecular weight is 221 g/mol. The van der Waals surface area contributed by atoms with Crippen LogP contribution in [-0.4, -0.2) is 24.6 Å². The van der Waals surface area contributed by atoms with Gasteiger partial charge in [-0.2, -0.15) is 0 Å². The molecule has 1 heterocycles. The third-order valence-electron chi connectivity index (χ3n) is 3.27. The molecular weight excluding hydrogens is 198 g/mol. The molecule has 16 heavy (non-hydrogen) atoms. The molecule has 0 spiro atoms. The fourth-order valence-corrected chi connectivity index (χ4v) is 1.48. The highest BCUT2D eigenvalue weighted by atomic mass is 15.2. The smallest absolute Gasteiger partial charge is 0.129 e. The van der Waals surface area contributed by atoms with Crippen molar-refractivity contribution in [2.75, 3.05) is 19.0 Å². The molecular formula is C13H23N3. The summed E-state index contributed by atoms with van der Waals surface area (Å²) >= 11 is 0. The number of hydrogen-bond acceptors (Lipinski definition) is 3. The van der Waals surface area contributed by atoms with Gasteiger partial charge < -0.3 is 10.2 Å². The molecule has 1 N–H and O–H groups in total. The Balaban J connectivity index is 2.91. The maximum absolute atomic E-state index is 4.64. The maximum atomic E-state index is 4.64. The minimum atomic E-state index is 0.144. The van der Waals surface area contributed by atoms with E-state index in [4.69, 9.17) is 0 Å². The molecule has 0 bridgehead atoms. The van der Waals surface area contributed by atoms with Crippen LogP contribution in [0.3, 0.4) is 0 Å². The number of anilines is 1. The molecule has 90 valence electrons. The van der Waals surface area contributed by atoms with Gasteiger partial charge in [0.1, 0.15) is 5.82 Å². The molecule has 0 aliphatic heterocycles. The normalized spacial score (nSPS) is 11.6. The van der Waals surface area contributed by atoms with Crippen molar-refractivity contribution >= 4 is 5.82 Å². The highest BCUT2D eigenvalue weighted by molar-refractivity contribution is 5.41. The highest BCUT2D eigenvalue weighted by Gasteiger charge is 2.22. The number of hydrogen-bond donors (Lipinski definition) is 1. The Hall–Kier alpha value is -1.09. The number of pyridine rings is 1. The number of nitrogens with zero attached hydrogens (tertiary/aromatic N) is 2. The van der Waals surface area contributed by atoms with Crippen molar-refractivity contribution in [3.8, 4) is 0 Å². The molecule has 0 aliphatic rings. The summed E-state index contributed by atoms with van der Waals surface area (Å²) in [5.41, 5.74) is 1.23. The van der Waals surface area contributed by atoms with Crippen LogP contribution in [0.25, 0.3) is 0 Å². The van der Waals surface area contributed by atoms with E-state index in [1.807, 2.05) is 13.1 Å². The van der Waals surface area contributed by atoms with Crippen molar-refractivity contribution in [1.82, 2.24) is 10.3 Å². The van der Waals surface area contributed by atoms with E-state index < -0.39 is 0 Å². The van der Waals surface area contributed by atoms with Gasteiger partial charge in [0.15, 0.2) is 0 Å². The van der Waals surface area contributed by atoms with Gasteiger partial charge in [0.05, 0.1) is 5.69 Å². The zero-order valence-electron chi connectivity index (χ0n) is 11.0. The number of nitrogens with one attached hydrogen (secondary N) is 1. The van der Waals surface area contributed by atoms with E-state index in [1.54, 1.807) is 0 Å². The third kappa shape index (κ3) is 2.95. The van der Waals surface area contributed by atoms with Crippen LogP contribution in [0.15, 0.2) is 18.2 Å². The summed E-state index contributed by atoms with van der Waals surface area (Å²) in [4.78, 5) is 6.88. The van der Waals surface area contributed by atoms with Crippen molar-refractivity contribution in [3.05, 3.63) is 23.9 Å². The van der Waals surface area contributed by atoms with Crippen LogP contribution in [0.4, 0.5) is 5.82 Å². The fraction of sp³-hybridized carbons (Fsp3) is 0.615. The quantitative estimate of drug-likeness (QED) is 0.827. The summed E-state index contributed by atoms with van der Waals surface area (Å²) in [7, 11) is 4.04. The lowest BCUT2D eigenvalue weighted by atomic mass is 10.00. The van der Waals surface area contributed by atoms with Crippen molar-refractivity contribution in [1.29, 1.82) is 0 Å². The van der Waals surface area contributed by atoms with E-state index in [-0.39, 0.29) is 5.54 Å². The zero-order valence-corrected chi connectivity index (χ0v) is 11.0. The molecule has 0 amide bonds. The van der Waals surface area contributed by atoms with Crippen LogP contribution in [0.2, 0.25) is 0 Å². The van der Waals surface area contributed by atoms with Crippen LogP contribution >= 0.6 is 0 Å². The summed E-state index contributed by atoms with van der Waals surface area (Å²) in [6.45, 7) is 7.49. The Bertz CT molecular complexity index is 334. The topological polar surface area (TPSA) is 28.2 Å². The van der Waals surface area contributed by atoms with Gasteiger partial charge in [-0.25, -0.2) is 4.98 Å². The summed E-state index contributed by atoms with van der Waals surface area (Å²) in [5, 5.41) is 3.12. The third-order valence-corrected chi connectivity index (χ3v) is 3.27. The van der Waals surface area contributed by atoms with Crippen LogP contribution in [-0.2, 0) is 6.54 Å². The van der Waals surface area contributed by atoms with Crippen LogP contribution < -0.4 is 10.2 Å². The Morgan fingerprint density at radius 2 is 2.06 bits per heavy atom. The van der Waals surface area contributed by atoms with Crippen LogP contribution in [0.1, 0.15) is 32.9 Å². The van der Waals surface area contributed by atoms with E-state index in [1.165, 1.54) is 0 Å². The minimum absolute atomic E-state index is 0.144. The Labute approximate surface area is 98.9 Å². The minimum Gasteiger partial charge on any atom is -0.355 e. The molecule has 1 rings (SSSR count). The number of rotatable bonds is 5. The predicted molar refractivity (Wildman–Crippen MR) is 69.8 cm³/mol. The second-order valence-electron chi connectivity index (χ2n) is 4.74. The standard InChI is InChI=1S/C13H23N3/c1-6-13(2,3)16(5)12-9-7-8-11(15-12)10-14-4/h7-9,14H,6,10H2,1-5H3. The molecule has 0 atom stereocenters. The predicted octanol–water partition coefficient (Wildman–Crippen LogP) is 2.43. The summed E-state index contributed by atoms with van der Waals surface area (Å²) in [6, 6.07) is 6.18. The molecule has 0 saturated heterocycles. The Morgan fingerprint density at radius 3 is 2.62 bits per heavy atom.